The Morgan fingerprint density at radius 3 is 2.21 bits per heavy atom. The van der Waals surface area contributed by atoms with Crippen molar-refractivity contribution in [2.45, 2.75) is 84.1 Å². The third-order valence-electron chi connectivity index (χ3n) is 3.48. The lowest BCUT2D eigenvalue weighted by molar-refractivity contribution is -0.141. The van der Waals surface area contributed by atoms with Crippen LogP contribution in [0.5, 0.6) is 0 Å². The van der Waals surface area contributed by atoms with Gasteiger partial charge in [0.25, 0.3) is 0 Å². The topological polar surface area (TPSA) is 38.3 Å². The Hall–Kier alpha value is -0.570. The third kappa shape index (κ3) is 12.2. The number of rotatable bonds is 13. The van der Waals surface area contributed by atoms with Crippen molar-refractivity contribution in [2.75, 3.05) is 13.7 Å². The lowest BCUT2D eigenvalue weighted by Gasteiger charge is -2.17. The first-order valence-corrected chi connectivity index (χ1v) is 8.04. The van der Waals surface area contributed by atoms with Crippen LogP contribution in [0.2, 0.25) is 0 Å². The minimum atomic E-state index is -0.100. The summed E-state index contributed by atoms with van der Waals surface area (Å²) < 4.78 is 4.75. The fourth-order valence-corrected chi connectivity index (χ4v) is 2.26. The van der Waals surface area contributed by atoms with Crippen LogP contribution in [0.4, 0.5) is 0 Å². The zero-order valence-corrected chi connectivity index (χ0v) is 13.2. The molecular formula is C16H33NO2. The van der Waals surface area contributed by atoms with Gasteiger partial charge < -0.3 is 10.1 Å². The number of carbonyl (C=O) groups is 1. The Morgan fingerprint density at radius 2 is 1.63 bits per heavy atom. The van der Waals surface area contributed by atoms with Crippen LogP contribution in [-0.4, -0.2) is 25.7 Å². The molecular weight excluding hydrogens is 238 g/mol. The largest absolute Gasteiger partial charge is 0.469 e. The second kappa shape index (κ2) is 13.9. The minimum absolute atomic E-state index is 0.100. The van der Waals surface area contributed by atoms with E-state index in [0.29, 0.717) is 12.5 Å². The summed E-state index contributed by atoms with van der Waals surface area (Å²) in [6.45, 7) is 5.38. The molecule has 0 aromatic rings. The van der Waals surface area contributed by atoms with Crippen LogP contribution in [0.3, 0.4) is 0 Å². The average molecular weight is 271 g/mol. The minimum Gasteiger partial charge on any atom is -0.469 e. The highest BCUT2D eigenvalue weighted by atomic mass is 16.5. The third-order valence-corrected chi connectivity index (χ3v) is 3.48. The fraction of sp³-hybridized carbons (Fsp3) is 0.938. The maximum atomic E-state index is 11.3. The Kier molecular flexibility index (Phi) is 13.4. The van der Waals surface area contributed by atoms with Gasteiger partial charge >= 0.3 is 5.97 Å². The van der Waals surface area contributed by atoms with Crippen molar-refractivity contribution in [2.24, 2.45) is 0 Å². The summed E-state index contributed by atoms with van der Waals surface area (Å²) >= 11 is 0. The van der Waals surface area contributed by atoms with E-state index in [1.165, 1.54) is 52.1 Å². The van der Waals surface area contributed by atoms with Gasteiger partial charge in [-0.3, -0.25) is 4.79 Å². The summed E-state index contributed by atoms with van der Waals surface area (Å²) in [6, 6.07) is 0.294. The van der Waals surface area contributed by atoms with Gasteiger partial charge in [-0.25, -0.2) is 0 Å². The van der Waals surface area contributed by atoms with E-state index in [1.807, 2.05) is 0 Å². The van der Waals surface area contributed by atoms with E-state index in [9.17, 15) is 4.79 Å². The van der Waals surface area contributed by atoms with Crippen LogP contribution in [0.1, 0.15) is 78.1 Å². The monoisotopic (exact) mass is 271 g/mol. The number of hydrogen-bond acceptors (Lipinski definition) is 3. The van der Waals surface area contributed by atoms with Crippen molar-refractivity contribution in [3.8, 4) is 0 Å². The molecule has 0 saturated heterocycles. The Labute approximate surface area is 119 Å². The zero-order chi connectivity index (χ0) is 14.3. The van der Waals surface area contributed by atoms with E-state index in [2.05, 4.69) is 19.2 Å². The van der Waals surface area contributed by atoms with E-state index < -0.39 is 0 Å². The van der Waals surface area contributed by atoms with Gasteiger partial charge in [0.15, 0.2) is 0 Å². The molecule has 1 atom stereocenters. The predicted molar refractivity (Wildman–Crippen MR) is 81.3 cm³/mol. The first kappa shape index (κ1) is 18.4. The quantitative estimate of drug-likeness (QED) is 0.405. The van der Waals surface area contributed by atoms with Crippen molar-refractivity contribution >= 4 is 5.97 Å². The van der Waals surface area contributed by atoms with E-state index in [4.69, 9.17) is 4.74 Å². The summed E-state index contributed by atoms with van der Waals surface area (Å²) in [5.41, 5.74) is 0. The number of unbranched alkanes of at least 4 members (excludes halogenated alkanes) is 6. The maximum absolute atomic E-state index is 11.3. The molecule has 3 nitrogen and oxygen atoms in total. The van der Waals surface area contributed by atoms with E-state index in [1.54, 1.807) is 0 Å². The lowest BCUT2D eigenvalue weighted by Crippen LogP contribution is -2.32. The molecule has 0 fully saturated rings. The molecule has 0 heterocycles. The molecule has 0 aliphatic rings. The Bertz CT molecular complexity index is 207. The van der Waals surface area contributed by atoms with Crippen LogP contribution < -0.4 is 5.32 Å². The van der Waals surface area contributed by atoms with Crippen LogP contribution in [-0.2, 0) is 9.53 Å². The number of esters is 1. The van der Waals surface area contributed by atoms with Gasteiger partial charge in [0.2, 0.25) is 0 Å². The van der Waals surface area contributed by atoms with E-state index in [-0.39, 0.29) is 5.97 Å². The number of nitrogens with one attached hydrogen (secondary N) is 1. The maximum Gasteiger partial charge on any atom is 0.307 e. The van der Waals surface area contributed by atoms with Gasteiger partial charge in [-0.15, -0.1) is 0 Å². The van der Waals surface area contributed by atoms with Gasteiger partial charge in [-0.1, -0.05) is 58.8 Å². The molecule has 0 aromatic carbocycles. The van der Waals surface area contributed by atoms with Gasteiger partial charge in [0.05, 0.1) is 13.5 Å². The second-order valence-corrected chi connectivity index (χ2v) is 5.34. The molecule has 0 rings (SSSR count). The van der Waals surface area contributed by atoms with Crippen LogP contribution in [0, 0.1) is 0 Å². The number of methoxy groups -OCH3 is 1. The lowest BCUT2D eigenvalue weighted by atomic mass is 10.0. The fourth-order valence-electron chi connectivity index (χ4n) is 2.26. The van der Waals surface area contributed by atoms with Crippen molar-refractivity contribution < 1.29 is 9.53 Å². The van der Waals surface area contributed by atoms with Crippen LogP contribution in [0.15, 0.2) is 0 Å². The highest BCUT2D eigenvalue weighted by Gasteiger charge is 2.12. The van der Waals surface area contributed by atoms with Crippen molar-refractivity contribution in [1.82, 2.24) is 5.32 Å². The van der Waals surface area contributed by atoms with Crippen molar-refractivity contribution in [3.05, 3.63) is 0 Å². The van der Waals surface area contributed by atoms with E-state index >= 15 is 0 Å². The molecule has 1 N–H and O–H groups in total. The van der Waals surface area contributed by atoms with Gasteiger partial charge in [-0.2, -0.15) is 0 Å². The molecule has 3 heteroatoms. The summed E-state index contributed by atoms with van der Waals surface area (Å²) in [4.78, 5) is 11.3. The Morgan fingerprint density at radius 1 is 1.00 bits per heavy atom. The molecule has 0 amide bonds. The molecule has 0 radical (unpaired) electrons. The zero-order valence-electron chi connectivity index (χ0n) is 13.2. The molecule has 0 aromatic heterocycles. The first-order chi connectivity index (χ1) is 9.24. The van der Waals surface area contributed by atoms with Gasteiger partial charge in [0, 0.05) is 6.04 Å². The molecule has 1 unspecified atom stereocenters. The van der Waals surface area contributed by atoms with E-state index in [0.717, 1.165) is 19.4 Å². The highest BCUT2D eigenvalue weighted by Crippen LogP contribution is 2.11. The normalized spacial score (nSPS) is 12.4. The number of hydrogen-bond donors (Lipinski definition) is 1. The number of ether oxygens (including phenoxy) is 1. The number of carbonyl (C=O) groups excluding carboxylic acids is 1. The summed E-state index contributed by atoms with van der Waals surface area (Å²) in [5, 5.41) is 3.45. The first-order valence-electron chi connectivity index (χ1n) is 8.04. The molecule has 0 bridgehead atoms. The average Bonchev–Trinajstić information content (AvgIpc) is 2.43. The predicted octanol–water partition coefficient (Wildman–Crippen LogP) is 4.06. The van der Waals surface area contributed by atoms with Crippen LogP contribution in [0.25, 0.3) is 0 Å². The molecule has 0 spiro atoms. The van der Waals surface area contributed by atoms with Gasteiger partial charge in [-0.05, 0) is 19.4 Å². The summed E-state index contributed by atoms with van der Waals surface area (Å²) in [5.74, 6) is -0.100. The molecule has 19 heavy (non-hydrogen) atoms. The van der Waals surface area contributed by atoms with Gasteiger partial charge in [0.1, 0.15) is 0 Å². The summed E-state index contributed by atoms with van der Waals surface area (Å²) in [6.07, 6.45) is 11.9. The second-order valence-electron chi connectivity index (χ2n) is 5.34. The Balaban J connectivity index is 3.64. The highest BCUT2D eigenvalue weighted by molar-refractivity contribution is 5.69. The molecule has 0 saturated carbocycles. The standard InChI is InChI=1S/C16H33NO2/c1-4-6-7-8-9-10-11-12-15(17-13-5-2)14-16(18)19-3/h15,17H,4-14H2,1-3H3. The smallest absolute Gasteiger partial charge is 0.307 e. The van der Waals surface area contributed by atoms with Crippen molar-refractivity contribution in [3.63, 3.8) is 0 Å². The summed E-state index contributed by atoms with van der Waals surface area (Å²) in [7, 11) is 1.47. The van der Waals surface area contributed by atoms with Crippen LogP contribution >= 0.6 is 0 Å². The SMILES string of the molecule is CCCCCCCCCC(CC(=O)OC)NCCC. The van der Waals surface area contributed by atoms with Crippen molar-refractivity contribution in [1.29, 1.82) is 0 Å². The molecule has 0 aliphatic heterocycles. The molecule has 0 aliphatic carbocycles. The molecule has 114 valence electrons.